The van der Waals surface area contributed by atoms with Crippen LogP contribution in [0.2, 0.25) is 0 Å². The first-order chi connectivity index (χ1) is 8.88. The fourth-order valence-electron chi connectivity index (χ4n) is 3.16. The molecule has 0 heterocycles. The number of aliphatic hydroxyl groups is 1. The van der Waals surface area contributed by atoms with Crippen molar-refractivity contribution in [3.05, 3.63) is 35.4 Å². The van der Waals surface area contributed by atoms with E-state index in [4.69, 9.17) is 0 Å². The zero-order valence-electron chi connectivity index (χ0n) is 12.7. The number of rotatable bonds is 4. The lowest BCUT2D eigenvalue weighted by Gasteiger charge is -2.28. The molecule has 2 heteroatoms. The van der Waals surface area contributed by atoms with Crippen LogP contribution >= 0.6 is 0 Å². The molecule has 0 saturated heterocycles. The van der Waals surface area contributed by atoms with Crippen molar-refractivity contribution in [2.45, 2.75) is 46.3 Å². The van der Waals surface area contributed by atoms with Crippen LogP contribution in [0.25, 0.3) is 0 Å². The van der Waals surface area contributed by atoms with Crippen molar-refractivity contribution in [1.82, 2.24) is 4.90 Å². The number of aryl methyl sites for hydroxylation is 1. The molecule has 19 heavy (non-hydrogen) atoms. The van der Waals surface area contributed by atoms with Crippen LogP contribution in [0.1, 0.15) is 37.8 Å². The molecule has 2 nitrogen and oxygen atoms in total. The van der Waals surface area contributed by atoms with E-state index < -0.39 is 0 Å². The van der Waals surface area contributed by atoms with Gasteiger partial charge in [0.25, 0.3) is 0 Å². The van der Waals surface area contributed by atoms with Gasteiger partial charge in [-0.3, -0.25) is 0 Å². The van der Waals surface area contributed by atoms with E-state index in [1.165, 1.54) is 11.1 Å². The Morgan fingerprint density at radius 2 is 1.89 bits per heavy atom. The molecule has 2 unspecified atom stereocenters. The van der Waals surface area contributed by atoms with E-state index in [-0.39, 0.29) is 11.5 Å². The molecule has 106 valence electrons. The summed E-state index contributed by atoms with van der Waals surface area (Å²) in [5, 5.41) is 10.3. The maximum absolute atomic E-state index is 10.3. The van der Waals surface area contributed by atoms with Gasteiger partial charge in [0.15, 0.2) is 0 Å². The fraction of sp³-hybridized carbons (Fsp3) is 0.647. The summed E-state index contributed by atoms with van der Waals surface area (Å²) in [5.74, 6) is 0.422. The Morgan fingerprint density at radius 3 is 2.42 bits per heavy atom. The Bertz CT molecular complexity index is 410. The minimum atomic E-state index is -0.159. The third-order valence-electron chi connectivity index (χ3n) is 4.53. The first kappa shape index (κ1) is 14.5. The molecule has 1 aliphatic rings. The predicted octanol–water partition coefficient (Wildman–Crippen LogP) is 3.22. The maximum atomic E-state index is 10.3. The highest BCUT2D eigenvalue weighted by molar-refractivity contribution is 5.21. The second kappa shape index (κ2) is 5.64. The first-order valence-corrected chi connectivity index (χ1v) is 7.30. The third-order valence-corrected chi connectivity index (χ3v) is 4.53. The summed E-state index contributed by atoms with van der Waals surface area (Å²) >= 11 is 0. The van der Waals surface area contributed by atoms with Crippen LogP contribution < -0.4 is 0 Å². The van der Waals surface area contributed by atoms with Gasteiger partial charge in [-0.15, -0.1) is 0 Å². The zero-order chi connectivity index (χ0) is 14.0. The van der Waals surface area contributed by atoms with E-state index in [0.717, 1.165) is 25.9 Å². The molecule has 1 N–H and O–H groups in total. The number of aliphatic hydroxyl groups excluding tert-OH is 1. The first-order valence-electron chi connectivity index (χ1n) is 7.30. The normalized spacial score (nSPS) is 26.0. The monoisotopic (exact) mass is 261 g/mol. The van der Waals surface area contributed by atoms with Gasteiger partial charge in [0.1, 0.15) is 0 Å². The van der Waals surface area contributed by atoms with Gasteiger partial charge >= 0.3 is 0 Å². The van der Waals surface area contributed by atoms with Gasteiger partial charge in [-0.1, -0.05) is 43.7 Å². The molecule has 0 amide bonds. The molecule has 0 spiro atoms. The van der Waals surface area contributed by atoms with E-state index in [1.807, 2.05) is 0 Å². The van der Waals surface area contributed by atoms with Crippen LogP contribution in [0.5, 0.6) is 0 Å². The lowest BCUT2D eigenvalue weighted by molar-refractivity contribution is 0.0348. The highest BCUT2D eigenvalue weighted by atomic mass is 16.3. The van der Waals surface area contributed by atoms with Gasteiger partial charge in [-0.2, -0.15) is 0 Å². The molecule has 2 rings (SSSR count). The van der Waals surface area contributed by atoms with Gasteiger partial charge in [-0.05, 0) is 43.7 Å². The molecule has 1 aliphatic carbocycles. The zero-order valence-corrected chi connectivity index (χ0v) is 12.7. The summed E-state index contributed by atoms with van der Waals surface area (Å²) in [6, 6.07) is 8.72. The van der Waals surface area contributed by atoms with Crippen molar-refractivity contribution in [1.29, 1.82) is 0 Å². The second-order valence-corrected chi connectivity index (χ2v) is 6.91. The highest BCUT2D eigenvalue weighted by Gasteiger charge is 2.40. The van der Waals surface area contributed by atoms with Crippen molar-refractivity contribution in [2.75, 3.05) is 13.6 Å². The quantitative estimate of drug-likeness (QED) is 0.899. The Labute approximate surface area is 117 Å². The van der Waals surface area contributed by atoms with Crippen LogP contribution in [0, 0.1) is 18.3 Å². The van der Waals surface area contributed by atoms with Crippen LogP contribution in [0.4, 0.5) is 0 Å². The van der Waals surface area contributed by atoms with Crippen molar-refractivity contribution in [3.8, 4) is 0 Å². The molecule has 1 fully saturated rings. The summed E-state index contributed by atoms with van der Waals surface area (Å²) in [6.45, 7) is 8.42. The van der Waals surface area contributed by atoms with Crippen molar-refractivity contribution >= 4 is 0 Å². The van der Waals surface area contributed by atoms with Gasteiger partial charge in [0.2, 0.25) is 0 Å². The summed E-state index contributed by atoms with van der Waals surface area (Å²) < 4.78 is 0. The van der Waals surface area contributed by atoms with E-state index in [0.29, 0.717) is 5.92 Å². The van der Waals surface area contributed by atoms with Gasteiger partial charge in [0, 0.05) is 13.1 Å². The van der Waals surface area contributed by atoms with Crippen molar-refractivity contribution in [3.63, 3.8) is 0 Å². The molecule has 1 saturated carbocycles. The smallest absolute Gasteiger partial charge is 0.0631 e. The Hall–Kier alpha value is -0.860. The van der Waals surface area contributed by atoms with Gasteiger partial charge in [-0.25, -0.2) is 0 Å². The topological polar surface area (TPSA) is 23.5 Å². The molecule has 0 aliphatic heterocycles. The second-order valence-electron chi connectivity index (χ2n) is 6.91. The van der Waals surface area contributed by atoms with E-state index in [2.05, 4.69) is 57.0 Å². The average Bonchev–Trinajstić information content (AvgIpc) is 2.59. The third kappa shape index (κ3) is 3.58. The minimum Gasteiger partial charge on any atom is -0.392 e. The maximum Gasteiger partial charge on any atom is 0.0631 e. The molecular formula is C17H27NO. The Kier molecular flexibility index (Phi) is 4.32. The standard InChI is InChI=1S/C17H27NO/c1-13-5-7-14(8-6-13)11-18(4)12-15-9-10-17(2,3)16(15)19/h5-8,15-16,19H,9-12H2,1-4H3. The van der Waals surface area contributed by atoms with Crippen LogP contribution in [0.3, 0.4) is 0 Å². The lowest BCUT2D eigenvalue weighted by atomic mass is 9.87. The molecule has 0 radical (unpaired) electrons. The van der Waals surface area contributed by atoms with E-state index in [1.54, 1.807) is 0 Å². The summed E-state index contributed by atoms with van der Waals surface area (Å²) in [7, 11) is 2.15. The summed E-state index contributed by atoms with van der Waals surface area (Å²) in [4.78, 5) is 2.33. The molecule has 2 atom stereocenters. The van der Waals surface area contributed by atoms with Crippen molar-refractivity contribution in [2.24, 2.45) is 11.3 Å². The molecular weight excluding hydrogens is 234 g/mol. The van der Waals surface area contributed by atoms with Gasteiger partial charge < -0.3 is 10.0 Å². The van der Waals surface area contributed by atoms with Crippen LogP contribution in [0.15, 0.2) is 24.3 Å². The van der Waals surface area contributed by atoms with E-state index in [9.17, 15) is 5.11 Å². The molecule has 0 aromatic heterocycles. The molecule has 0 bridgehead atoms. The van der Waals surface area contributed by atoms with Gasteiger partial charge in [0.05, 0.1) is 6.10 Å². The number of benzene rings is 1. The fourth-order valence-corrected chi connectivity index (χ4v) is 3.16. The van der Waals surface area contributed by atoms with Crippen LogP contribution in [-0.4, -0.2) is 29.7 Å². The highest BCUT2D eigenvalue weighted by Crippen LogP contribution is 2.41. The van der Waals surface area contributed by atoms with Crippen LogP contribution in [-0.2, 0) is 6.54 Å². The molecule has 1 aromatic carbocycles. The summed E-state index contributed by atoms with van der Waals surface area (Å²) in [6.07, 6.45) is 2.12. The summed E-state index contributed by atoms with van der Waals surface area (Å²) in [5.41, 5.74) is 2.74. The minimum absolute atomic E-state index is 0.0926. The SMILES string of the molecule is Cc1ccc(CN(C)CC2CCC(C)(C)C2O)cc1. The Morgan fingerprint density at radius 1 is 1.26 bits per heavy atom. The molecule has 1 aromatic rings. The predicted molar refractivity (Wildman–Crippen MR) is 80.0 cm³/mol. The van der Waals surface area contributed by atoms with E-state index >= 15 is 0 Å². The number of nitrogens with zero attached hydrogens (tertiary/aromatic N) is 1. The average molecular weight is 261 g/mol. The van der Waals surface area contributed by atoms with Crippen molar-refractivity contribution < 1.29 is 5.11 Å². The number of hydrogen-bond donors (Lipinski definition) is 1. The largest absolute Gasteiger partial charge is 0.392 e. The lowest BCUT2D eigenvalue weighted by Crippen LogP contribution is -2.34. The Balaban J connectivity index is 1.88. The number of hydrogen-bond acceptors (Lipinski definition) is 2.